The van der Waals surface area contributed by atoms with E-state index in [-0.39, 0.29) is 22.8 Å². The molecule has 0 aliphatic carbocycles. The van der Waals surface area contributed by atoms with Gasteiger partial charge in [-0.15, -0.1) is 0 Å². The smallest absolute Gasteiger partial charge is 0.350 e. The zero-order chi connectivity index (χ0) is 24.6. The summed E-state index contributed by atoms with van der Waals surface area (Å²) in [5.41, 5.74) is 8.53. The number of hydroxylamine groups is 1. The number of anilines is 1. The van der Waals surface area contributed by atoms with E-state index in [1.54, 1.807) is 60.7 Å². The van der Waals surface area contributed by atoms with E-state index in [0.29, 0.717) is 11.3 Å². The van der Waals surface area contributed by atoms with Crippen LogP contribution in [0.3, 0.4) is 0 Å². The second-order valence-electron chi connectivity index (χ2n) is 7.15. The summed E-state index contributed by atoms with van der Waals surface area (Å²) in [5, 5.41) is 9.81. The van der Waals surface area contributed by atoms with Crippen molar-refractivity contribution in [2.24, 2.45) is 5.73 Å². The van der Waals surface area contributed by atoms with Gasteiger partial charge >= 0.3 is 5.97 Å². The number of nitrogens with two attached hydrogens (primary N) is 1. The van der Waals surface area contributed by atoms with E-state index in [1.807, 2.05) is 5.48 Å². The number of carbonyl (C=O) groups is 2. The van der Waals surface area contributed by atoms with Crippen molar-refractivity contribution in [1.82, 2.24) is 10.2 Å². The van der Waals surface area contributed by atoms with Crippen LogP contribution in [0, 0.1) is 5.41 Å². The number of nitrogens with one attached hydrogen (secondary N) is 4. The average molecular weight is 482 g/mol. The third-order valence-corrected chi connectivity index (χ3v) is 6.05. The predicted octanol–water partition coefficient (Wildman–Crippen LogP) is 1.77. The Kier molecular flexibility index (Phi) is 7.96. The molecular weight excluding hydrogens is 458 g/mol. The van der Waals surface area contributed by atoms with Crippen LogP contribution in [0.25, 0.3) is 0 Å². The molecule has 6 N–H and O–H groups in total. The number of hydrogen-bond donors (Lipinski definition) is 5. The van der Waals surface area contributed by atoms with Gasteiger partial charge in [-0.3, -0.25) is 10.2 Å². The lowest BCUT2D eigenvalue weighted by molar-refractivity contribution is -0.151. The van der Waals surface area contributed by atoms with Crippen molar-refractivity contribution in [3.8, 4) is 0 Å². The average Bonchev–Trinajstić information content (AvgIpc) is 2.83. The number of hydrogen-bond acceptors (Lipinski definition) is 6. The van der Waals surface area contributed by atoms with Gasteiger partial charge in [0, 0.05) is 11.3 Å². The van der Waals surface area contributed by atoms with Crippen molar-refractivity contribution >= 4 is 33.5 Å². The molecule has 176 valence electrons. The molecule has 34 heavy (non-hydrogen) atoms. The molecule has 0 aliphatic rings. The van der Waals surface area contributed by atoms with Gasteiger partial charge in [0.15, 0.2) is 5.96 Å². The van der Waals surface area contributed by atoms with Gasteiger partial charge in [0.05, 0.1) is 4.90 Å². The van der Waals surface area contributed by atoms with E-state index in [4.69, 9.17) is 16.0 Å². The summed E-state index contributed by atoms with van der Waals surface area (Å²) in [6.45, 7) is 0. The molecule has 0 heterocycles. The van der Waals surface area contributed by atoms with Gasteiger partial charge in [-0.2, -0.15) is 10.2 Å². The van der Waals surface area contributed by atoms with E-state index >= 15 is 0 Å². The first-order chi connectivity index (χ1) is 16.2. The molecule has 3 aromatic carbocycles. The lowest BCUT2D eigenvalue weighted by Gasteiger charge is -2.18. The Morgan fingerprint density at radius 3 is 2.24 bits per heavy atom. The first-order valence-corrected chi connectivity index (χ1v) is 11.6. The third-order valence-electron chi connectivity index (χ3n) is 4.57. The van der Waals surface area contributed by atoms with Gasteiger partial charge in [0.2, 0.25) is 10.0 Å². The monoisotopic (exact) mass is 481 g/mol. The van der Waals surface area contributed by atoms with Crippen molar-refractivity contribution in [2.45, 2.75) is 17.4 Å². The summed E-state index contributed by atoms with van der Waals surface area (Å²) in [4.78, 5) is 30.1. The number of guanidine groups is 1. The largest absolute Gasteiger partial charge is 0.370 e. The third kappa shape index (κ3) is 6.89. The zero-order valence-corrected chi connectivity index (χ0v) is 18.7. The fourth-order valence-corrected chi connectivity index (χ4v) is 4.20. The number of benzene rings is 3. The van der Waals surface area contributed by atoms with Crippen molar-refractivity contribution < 1.29 is 22.8 Å². The first-order valence-electron chi connectivity index (χ1n) is 10.1. The van der Waals surface area contributed by atoms with Crippen molar-refractivity contribution in [3.05, 3.63) is 96.1 Å². The molecule has 3 aromatic rings. The topological polar surface area (TPSA) is 163 Å². The Morgan fingerprint density at radius 2 is 1.59 bits per heavy atom. The standard InChI is InChI=1S/C23H23N5O5S/c24-23(25)26-18-11-7-10-17(15-18)21(29)27-33-22(30)20(14-16-8-3-1-4-9-16)28-34(31,32)19-12-5-2-6-13-19/h1-13,15,20,28H,14H2,(H,27,29)(H4,24,25,26)/t20-/m0/s1. The predicted molar refractivity (Wildman–Crippen MR) is 126 cm³/mol. The van der Waals surface area contributed by atoms with Crippen LogP contribution >= 0.6 is 0 Å². The maximum atomic E-state index is 12.8. The molecule has 0 unspecified atom stereocenters. The highest BCUT2D eigenvalue weighted by Crippen LogP contribution is 2.13. The lowest BCUT2D eigenvalue weighted by atomic mass is 10.1. The number of carbonyl (C=O) groups excluding carboxylic acids is 2. The van der Waals surface area contributed by atoms with Crippen LogP contribution in [-0.4, -0.2) is 32.3 Å². The maximum Gasteiger partial charge on any atom is 0.350 e. The summed E-state index contributed by atoms with van der Waals surface area (Å²) in [5.74, 6) is -2.04. The number of rotatable bonds is 8. The Hall–Kier alpha value is -4.22. The molecule has 10 nitrogen and oxygen atoms in total. The number of sulfonamides is 1. The van der Waals surface area contributed by atoms with Crippen LogP contribution in [0.1, 0.15) is 15.9 Å². The minimum absolute atomic E-state index is 0.000373. The van der Waals surface area contributed by atoms with E-state index < -0.39 is 27.9 Å². The maximum absolute atomic E-state index is 12.8. The molecule has 1 atom stereocenters. The summed E-state index contributed by atoms with van der Waals surface area (Å²) in [6.07, 6.45) is -0.000373. The van der Waals surface area contributed by atoms with Crippen LogP contribution in [-0.2, 0) is 26.1 Å². The molecular formula is C23H23N5O5S. The Bertz CT molecular complexity index is 1270. The molecule has 0 aromatic heterocycles. The van der Waals surface area contributed by atoms with E-state index in [2.05, 4.69) is 10.0 Å². The Labute approximate surface area is 196 Å². The Morgan fingerprint density at radius 1 is 0.941 bits per heavy atom. The van der Waals surface area contributed by atoms with Gasteiger partial charge in [-0.1, -0.05) is 54.6 Å². The van der Waals surface area contributed by atoms with Crippen LogP contribution in [0.2, 0.25) is 0 Å². The summed E-state index contributed by atoms with van der Waals surface area (Å²) < 4.78 is 27.9. The summed E-state index contributed by atoms with van der Waals surface area (Å²) >= 11 is 0. The lowest BCUT2D eigenvalue weighted by Crippen LogP contribution is -2.45. The van der Waals surface area contributed by atoms with Crippen LogP contribution in [0.5, 0.6) is 0 Å². The molecule has 1 amide bonds. The Balaban J connectivity index is 1.73. The highest BCUT2D eigenvalue weighted by molar-refractivity contribution is 7.89. The molecule has 0 fully saturated rings. The van der Waals surface area contributed by atoms with Crippen LogP contribution in [0.15, 0.2) is 89.8 Å². The normalized spacial score (nSPS) is 11.8. The molecule has 0 radical (unpaired) electrons. The van der Waals surface area contributed by atoms with Crippen molar-refractivity contribution in [3.63, 3.8) is 0 Å². The minimum atomic E-state index is -4.04. The first kappa shape index (κ1) is 24.4. The second kappa shape index (κ2) is 11.1. The van der Waals surface area contributed by atoms with Gasteiger partial charge in [-0.25, -0.2) is 13.2 Å². The van der Waals surface area contributed by atoms with Crippen LogP contribution < -0.4 is 21.3 Å². The van der Waals surface area contributed by atoms with Crippen molar-refractivity contribution in [1.29, 1.82) is 5.41 Å². The number of amides is 1. The van der Waals surface area contributed by atoms with Gasteiger partial charge < -0.3 is 15.9 Å². The second-order valence-corrected chi connectivity index (χ2v) is 8.86. The zero-order valence-electron chi connectivity index (χ0n) is 17.9. The van der Waals surface area contributed by atoms with E-state index in [0.717, 1.165) is 0 Å². The summed E-state index contributed by atoms with van der Waals surface area (Å²) in [6, 6.07) is 21.1. The van der Waals surface area contributed by atoms with Gasteiger partial charge in [0.1, 0.15) is 6.04 Å². The molecule has 0 saturated heterocycles. The molecule has 0 spiro atoms. The van der Waals surface area contributed by atoms with E-state index in [9.17, 15) is 18.0 Å². The molecule has 3 rings (SSSR count). The van der Waals surface area contributed by atoms with Crippen LogP contribution in [0.4, 0.5) is 5.69 Å². The van der Waals surface area contributed by atoms with Crippen molar-refractivity contribution in [2.75, 3.05) is 5.32 Å². The minimum Gasteiger partial charge on any atom is -0.370 e. The molecule has 0 aliphatic heterocycles. The fourth-order valence-electron chi connectivity index (χ4n) is 3.00. The quantitative estimate of drug-likeness (QED) is 0.186. The van der Waals surface area contributed by atoms with Gasteiger partial charge in [0.25, 0.3) is 5.91 Å². The highest BCUT2D eigenvalue weighted by Gasteiger charge is 2.28. The SMILES string of the molecule is N=C(N)Nc1cccc(C(=O)NOC(=O)[C@H](Cc2ccccc2)NS(=O)(=O)c2ccccc2)c1. The van der Waals surface area contributed by atoms with E-state index in [1.165, 1.54) is 24.3 Å². The molecule has 11 heteroatoms. The fraction of sp³-hybridized carbons (Fsp3) is 0.0870. The molecule has 0 saturated carbocycles. The van der Waals surface area contributed by atoms with Gasteiger partial charge in [-0.05, 0) is 42.3 Å². The summed E-state index contributed by atoms with van der Waals surface area (Å²) in [7, 11) is -4.04. The molecule has 0 bridgehead atoms. The highest BCUT2D eigenvalue weighted by atomic mass is 32.2.